The van der Waals surface area contributed by atoms with E-state index in [2.05, 4.69) is 15.3 Å². The van der Waals surface area contributed by atoms with E-state index in [1.54, 1.807) is 18.5 Å². The number of rotatable bonds is 3. The van der Waals surface area contributed by atoms with Crippen LogP contribution in [0.5, 0.6) is 0 Å². The molecule has 2 N–H and O–H groups in total. The molecule has 0 aliphatic rings. The Kier molecular flexibility index (Phi) is 3.31. The van der Waals surface area contributed by atoms with E-state index in [1.165, 1.54) is 0 Å². The van der Waals surface area contributed by atoms with Crippen LogP contribution >= 0.6 is 0 Å². The fourth-order valence-corrected chi connectivity index (χ4v) is 2.34. The minimum absolute atomic E-state index is 0.154. The maximum absolute atomic E-state index is 12.5. The number of pyridine rings is 1. The molecule has 0 bridgehead atoms. The highest BCUT2D eigenvalue weighted by atomic mass is 16.1. The van der Waals surface area contributed by atoms with Crippen LogP contribution in [0.25, 0.3) is 10.9 Å². The lowest BCUT2D eigenvalue weighted by molar-refractivity contribution is 0.102. The molecule has 106 valence electrons. The molecule has 21 heavy (non-hydrogen) atoms. The summed E-state index contributed by atoms with van der Waals surface area (Å²) >= 11 is 0. The maximum atomic E-state index is 12.5. The number of nitrogens with zero attached hydrogens (tertiary/aromatic N) is 2. The third kappa shape index (κ3) is 2.45. The van der Waals surface area contributed by atoms with Crippen LogP contribution < -0.4 is 10.2 Å². The SMILES string of the molecule is CN(C)c1ccncc1NC(=O)c1cccc2cc[nH]c12. The molecule has 0 saturated heterocycles. The molecule has 1 amide bonds. The van der Waals surface area contributed by atoms with Crippen molar-refractivity contribution in [2.75, 3.05) is 24.3 Å². The molecule has 0 atom stereocenters. The summed E-state index contributed by atoms with van der Waals surface area (Å²) in [5.74, 6) is -0.154. The lowest BCUT2D eigenvalue weighted by Crippen LogP contribution is -2.17. The minimum atomic E-state index is -0.154. The largest absolute Gasteiger partial charge is 0.376 e. The van der Waals surface area contributed by atoms with Crippen molar-refractivity contribution in [3.05, 3.63) is 54.5 Å². The van der Waals surface area contributed by atoms with Crippen LogP contribution in [0, 0.1) is 0 Å². The molecule has 5 heteroatoms. The average molecular weight is 280 g/mol. The number of H-pyrrole nitrogens is 1. The number of amides is 1. The first-order valence-corrected chi connectivity index (χ1v) is 6.65. The number of aromatic amines is 1. The van der Waals surface area contributed by atoms with Crippen molar-refractivity contribution in [1.29, 1.82) is 0 Å². The quantitative estimate of drug-likeness (QED) is 0.775. The third-order valence-electron chi connectivity index (χ3n) is 3.36. The molecular formula is C16H16N4O. The van der Waals surface area contributed by atoms with Gasteiger partial charge in [-0.15, -0.1) is 0 Å². The Morgan fingerprint density at radius 1 is 1.24 bits per heavy atom. The van der Waals surface area contributed by atoms with Crippen molar-refractivity contribution < 1.29 is 4.79 Å². The number of fused-ring (bicyclic) bond motifs is 1. The second-order valence-corrected chi connectivity index (χ2v) is 4.99. The van der Waals surface area contributed by atoms with E-state index in [0.717, 1.165) is 16.6 Å². The number of anilines is 2. The van der Waals surface area contributed by atoms with Gasteiger partial charge in [-0.3, -0.25) is 9.78 Å². The van der Waals surface area contributed by atoms with Gasteiger partial charge in [0.15, 0.2) is 0 Å². The Morgan fingerprint density at radius 3 is 2.90 bits per heavy atom. The first-order valence-electron chi connectivity index (χ1n) is 6.65. The molecule has 3 aromatic rings. The van der Waals surface area contributed by atoms with Crippen molar-refractivity contribution in [3.63, 3.8) is 0 Å². The number of hydrogen-bond acceptors (Lipinski definition) is 3. The van der Waals surface area contributed by atoms with Crippen LogP contribution in [0.2, 0.25) is 0 Å². The van der Waals surface area contributed by atoms with E-state index in [1.807, 2.05) is 49.5 Å². The second kappa shape index (κ2) is 5.28. The fourth-order valence-electron chi connectivity index (χ4n) is 2.34. The zero-order valence-corrected chi connectivity index (χ0v) is 11.9. The molecule has 1 aromatic carbocycles. The van der Waals surface area contributed by atoms with Gasteiger partial charge in [-0.2, -0.15) is 0 Å². The molecule has 2 heterocycles. The summed E-state index contributed by atoms with van der Waals surface area (Å²) in [5, 5.41) is 3.94. The van der Waals surface area contributed by atoms with Crippen molar-refractivity contribution in [2.45, 2.75) is 0 Å². The van der Waals surface area contributed by atoms with Gasteiger partial charge >= 0.3 is 0 Å². The minimum Gasteiger partial charge on any atom is -0.376 e. The molecular weight excluding hydrogens is 264 g/mol. The zero-order valence-electron chi connectivity index (χ0n) is 11.9. The number of carbonyl (C=O) groups is 1. The first kappa shape index (κ1) is 13.2. The van der Waals surface area contributed by atoms with Gasteiger partial charge in [0.25, 0.3) is 5.91 Å². The van der Waals surface area contributed by atoms with E-state index < -0.39 is 0 Å². The molecule has 0 aliphatic heterocycles. The van der Waals surface area contributed by atoms with Gasteiger partial charge < -0.3 is 15.2 Å². The summed E-state index contributed by atoms with van der Waals surface area (Å²) < 4.78 is 0. The Hall–Kier alpha value is -2.82. The van der Waals surface area contributed by atoms with Crippen LogP contribution in [0.15, 0.2) is 48.9 Å². The Balaban J connectivity index is 1.96. The molecule has 0 fully saturated rings. The smallest absolute Gasteiger partial charge is 0.257 e. The van der Waals surface area contributed by atoms with E-state index in [4.69, 9.17) is 0 Å². The van der Waals surface area contributed by atoms with Crippen LogP contribution in [0.1, 0.15) is 10.4 Å². The van der Waals surface area contributed by atoms with Crippen molar-refractivity contribution in [1.82, 2.24) is 9.97 Å². The van der Waals surface area contributed by atoms with Crippen LogP contribution in [-0.2, 0) is 0 Å². The molecule has 0 radical (unpaired) electrons. The summed E-state index contributed by atoms with van der Waals surface area (Å²) in [5.41, 5.74) is 3.06. The normalized spacial score (nSPS) is 10.6. The molecule has 5 nitrogen and oxygen atoms in total. The molecule has 0 unspecified atom stereocenters. The van der Waals surface area contributed by atoms with Gasteiger partial charge in [0, 0.05) is 31.9 Å². The highest BCUT2D eigenvalue weighted by Gasteiger charge is 2.13. The highest BCUT2D eigenvalue weighted by Crippen LogP contribution is 2.24. The van der Waals surface area contributed by atoms with Crippen LogP contribution in [0.4, 0.5) is 11.4 Å². The summed E-state index contributed by atoms with van der Waals surface area (Å²) in [7, 11) is 3.85. The molecule has 0 spiro atoms. The van der Waals surface area contributed by atoms with Gasteiger partial charge in [-0.25, -0.2) is 0 Å². The number of para-hydroxylation sites is 1. The summed E-state index contributed by atoms with van der Waals surface area (Å²) in [6, 6.07) is 9.46. The van der Waals surface area contributed by atoms with E-state index in [-0.39, 0.29) is 5.91 Å². The van der Waals surface area contributed by atoms with Crippen molar-refractivity contribution in [2.24, 2.45) is 0 Å². The van der Waals surface area contributed by atoms with Gasteiger partial charge in [0.2, 0.25) is 0 Å². The number of aromatic nitrogens is 2. The highest BCUT2D eigenvalue weighted by molar-refractivity contribution is 6.12. The van der Waals surface area contributed by atoms with Crippen molar-refractivity contribution in [3.8, 4) is 0 Å². The van der Waals surface area contributed by atoms with Gasteiger partial charge in [0.1, 0.15) is 0 Å². The average Bonchev–Trinajstić information content (AvgIpc) is 2.95. The number of nitrogens with one attached hydrogen (secondary N) is 2. The number of benzene rings is 1. The van der Waals surface area contributed by atoms with Crippen LogP contribution in [-0.4, -0.2) is 30.0 Å². The van der Waals surface area contributed by atoms with E-state index >= 15 is 0 Å². The van der Waals surface area contributed by atoms with Crippen molar-refractivity contribution >= 4 is 28.2 Å². The zero-order chi connectivity index (χ0) is 14.8. The molecule has 0 saturated carbocycles. The van der Waals surface area contributed by atoms with Gasteiger partial charge in [0.05, 0.1) is 28.7 Å². The number of hydrogen-bond donors (Lipinski definition) is 2. The standard InChI is InChI=1S/C16H16N4O/c1-20(2)14-7-8-17-10-13(14)19-16(21)12-5-3-4-11-6-9-18-15(11)12/h3-10,18H,1-2H3,(H,19,21). The second-order valence-electron chi connectivity index (χ2n) is 4.99. The third-order valence-corrected chi connectivity index (χ3v) is 3.36. The Bertz CT molecular complexity index is 792. The predicted molar refractivity (Wildman–Crippen MR) is 84.8 cm³/mol. The molecule has 2 aromatic heterocycles. The monoisotopic (exact) mass is 280 g/mol. The molecule has 0 aliphatic carbocycles. The van der Waals surface area contributed by atoms with Crippen LogP contribution in [0.3, 0.4) is 0 Å². The van der Waals surface area contributed by atoms with Gasteiger partial charge in [-0.05, 0) is 18.2 Å². The lowest BCUT2D eigenvalue weighted by Gasteiger charge is -2.17. The summed E-state index contributed by atoms with van der Waals surface area (Å²) in [6.07, 6.45) is 5.19. The summed E-state index contributed by atoms with van der Waals surface area (Å²) in [4.78, 5) is 21.6. The molecule has 3 rings (SSSR count). The maximum Gasteiger partial charge on any atom is 0.257 e. The van der Waals surface area contributed by atoms with Gasteiger partial charge in [-0.1, -0.05) is 12.1 Å². The lowest BCUT2D eigenvalue weighted by atomic mass is 10.1. The van der Waals surface area contributed by atoms with E-state index in [0.29, 0.717) is 11.3 Å². The van der Waals surface area contributed by atoms with E-state index in [9.17, 15) is 4.79 Å². The Labute approximate surface area is 122 Å². The topological polar surface area (TPSA) is 61.0 Å². The summed E-state index contributed by atoms with van der Waals surface area (Å²) in [6.45, 7) is 0. The predicted octanol–water partition coefficient (Wildman–Crippen LogP) is 2.88. The first-order chi connectivity index (χ1) is 10.2. The fraction of sp³-hybridized carbons (Fsp3) is 0.125. The number of carbonyl (C=O) groups excluding carboxylic acids is 1. The Morgan fingerprint density at radius 2 is 2.10 bits per heavy atom.